The maximum Gasteiger partial charge on any atom is 0.408 e. The minimum absolute atomic E-state index is 0.0252. The number of aliphatic hydroxyl groups excluding tert-OH is 1. The Bertz CT molecular complexity index is 1760. The molecule has 3 aliphatic heterocycles. The third kappa shape index (κ3) is 8.91. The lowest BCUT2D eigenvalue weighted by Crippen LogP contribution is -2.60. The van der Waals surface area contributed by atoms with Gasteiger partial charge < -0.3 is 39.0 Å². The fourth-order valence-electron chi connectivity index (χ4n) is 8.51. The van der Waals surface area contributed by atoms with Crippen molar-refractivity contribution in [1.82, 2.24) is 25.2 Å². The van der Waals surface area contributed by atoms with E-state index < -0.39 is 83.4 Å². The molecular formula is C40H57N5O10. The van der Waals surface area contributed by atoms with E-state index in [9.17, 15) is 24.3 Å². The monoisotopic (exact) mass is 767 g/mol. The number of amides is 1. The number of Topliss-reactive ketones (excluding diaryl/α,β-unsaturated/α-hetero) is 2. The van der Waals surface area contributed by atoms with Gasteiger partial charge in [0.1, 0.15) is 29.4 Å². The van der Waals surface area contributed by atoms with Gasteiger partial charge in [-0.25, -0.2) is 14.8 Å². The standard InChI is InChI=1S/C40H57N5O10/c1-11-29-40(8)33(44-38(50)55-40)23(4)30(46)21(2)19-39(7,51-16-12-13-26-18-27-35(43-20-26)42-15-14-41-27)34(24(5)31(47)25(6)36(49)53-29)54-37-32(48)28(45(9)10)17-22(3)52-37/h12-15,18,20-25,28-29,32-34,37,48H,11,16-17,19H2,1-10H3,(H,44,50)/b13-12+/t21-,22-,23+,24+,25-,28+,29-,32-,33-,34-,37+,39-,40-/m1/s1. The summed E-state index contributed by atoms with van der Waals surface area (Å²) in [5.41, 5.74) is -0.870. The molecule has 5 heterocycles. The number of esters is 1. The molecule has 2 aromatic rings. The highest BCUT2D eigenvalue weighted by molar-refractivity contribution is 6.00. The first-order valence-electron chi connectivity index (χ1n) is 19.2. The van der Waals surface area contributed by atoms with Crippen LogP contribution in [-0.2, 0) is 38.1 Å². The molecule has 0 saturated carbocycles. The Morgan fingerprint density at radius 1 is 1.02 bits per heavy atom. The van der Waals surface area contributed by atoms with E-state index in [0.717, 1.165) is 5.56 Å². The number of hydrogen-bond acceptors (Lipinski definition) is 14. The zero-order chi connectivity index (χ0) is 40.4. The Balaban J connectivity index is 1.56. The Kier molecular flexibility index (Phi) is 13.1. The van der Waals surface area contributed by atoms with Crippen LogP contribution in [0.15, 0.2) is 30.7 Å². The molecule has 5 rings (SSSR count). The second-order valence-corrected chi connectivity index (χ2v) is 16.1. The zero-order valence-electron chi connectivity index (χ0n) is 33.6. The van der Waals surface area contributed by atoms with Crippen LogP contribution >= 0.6 is 0 Å². The summed E-state index contributed by atoms with van der Waals surface area (Å²) in [6.07, 6.45) is 3.96. The molecule has 0 bridgehead atoms. The van der Waals surface area contributed by atoms with Crippen molar-refractivity contribution in [3.8, 4) is 0 Å². The SMILES string of the molecule is CC[C@H]1OC(=O)[C@H](C)C(=O)[C@H](C)[C@@H](O[C@@H]2O[C@H](C)C[C@H](N(C)C)[C@H]2O)[C@](C)(OC/C=C/c2cnc3nccnc3c2)C[C@@H](C)C(=O)[C@H](C)[C@H]2NC(=O)O[C@@]21C. The van der Waals surface area contributed by atoms with Crippen LogP contribution in [0.4, 0.5) is 4.79 Å². The summed E-state index contributed by atoms with van der Waals surface area (Å²) < 4.78 is 31.3. The van der Waals surface area contributed by atoms with Crippen molar-refractivity contribution >= 4 is 40.9 Å². The molecule has 0 radical (unpaired) electrons. The highest BCUT2D eigenvalue weighted by atomic mass is 16.7. The number of nitrogens with zero attached hydrogens (tertiary/aromatic N) is 4. The molecule has 2 N–H and O–H groups in total. The third-order valence-electron chi connectivity index (χ3n) is 11.6. The summed E-state index contributed by atoms with van der Waals surface area (Å²) in [7, 11) is 3.73. The minimum Gasteiger partial charge on any atom is -0.458 e. The number of likely N-dealkylation sites (N-methyl/N-ethyl adjacent to an activating group) is 1. The largest absolute Gasteiger partial charge is 0.458 e. The average molecular weight is 768 g/mol. The van der Waals surface area contributed by atoms with Crippen LogP contribution in [-0.4, -0.2) is 123 Å². The summed E-state index contributed by atoms with van der Waals surface area (Å²) in [5.74, 6) is -5.21. The van der Waals surface area contributed by atoms with Gasteiger partial charge in [0, 0.05) is 42.4 Å². The number of alkyl carbamates (subject to hydrolysis) is 1. The van der Waals surface area contributed by atoms with Crippen LogP contribution in [0.5, 0.6) is 0 Å². The topological polar surface area (TPSA) is 189 Å². The number of hydrogen-bond donors (Lipinski definition) is 2. The van der Waals surface area contributed by atoms with E-state index >= 15 is 0 Å². The fourth-order valence-corrected chi connectivity index (χ4v) is 8.51. The number of rotatable bonds is 8. The van der Waals surface area contributed by atoms with Gasteiger partial charge in [0.2, 0.25) is 0 Å². The quantitative estimate of drug-likeness (QED) is 0.291. The lowest BCUT2D eigenvalue weighted by Gasteiger charge is -2.47. The first-order chi connectivity index (χ1) is 25.9. The number of nitrogens with one attached hydrogen (secondary N) is 1. The summed E-state index contributed by atoms with van der Waals surface area (Å²) in [4.78, 5) is 70.1. The van der Waals surface area contributed by atoms with Gasteiger partial charge in [0.15, 0.2) is 23.3 Å². The first-order valence-corrected chi connectivity index (χ1v) is 19.2. The molecule has 2 aromatic heterocycles. The molecule has 3 saturated heterocycles. The van der Waals surface area contributed by atoms with Crippen LogP contribution in [0.1, 0.15) is 80.2 Å². The predicted octanol–water partition coefficient (Wildman–Crippen LogP) is 3.90. The molecule has 1 amide bonds. The molecule has 15 heteroatoms. The number of pyridine rings is 1. The lowest BCUT2D eigenvalue weighted by molar-refractivity contribution is -0.296. The van der Waals surface area contributed by atoms with E-state index in [1.165, 1.54) is 6.92 Å². The van der Waals surface area contributed by atoms with Gasteiger partial charge in [-0.1, -0.05) is 39.8 Å². The maximum atomic E-state index is 14.4. The highest BCUT2D eigenvalue weighted by Gasteiger charge is 2.57. The van der Waals surface area contributed by atoms with Crippen molar-refractivity contribution in [2.24, 2.45) is 23.7 Å². The van der Waals surface area contributed by atoms with E-state index in [1.807, 2.05) is 38.1 Å². The smallest absolute Gasteiger partial charge is 0.408 e. The van der Waals surface area contributed by atoms with E-state index in [4.69, 9.17) is 23.7 Å². The molecule has 15 nitrogen and oxygen atoms in total. The van der Waals surface area contributed by atoms with Crippen LogP contribution in [0, 0.1) is 23.7 Å². The van der Waals surface area contributed by atoms with Crippen molar-refractivity contribution in [3.05, 3.63) is 36.3 Å². The molecule has 55 heavy (non-hydrogen) atoms. The lowest BCUT2D eigenvalue weighted by atomic mass is 9.73. The van der Waals surface area contributed by atoms with E-state index in [1.54, 1.807) is 66.2 Å². The molecule has 302 valence electrons. The number of carbonyl (C=O) groups is 4. The van der Waals surface area contributed by atoms with E-state index in [-0.39, 0.29) is 37.4 Å². The molecule has 0 spiro atoms. The maximum absolute atomic E-state index is 14.4. The Labute approximate surface area is 322 Å². The summed E-state index contributed by atoms with van der Waals surface area (Å²) in [6, 6.07) is 0.697. The average Bonchev–Trinajstić information content (AvgIpc) is 3.47. The van der Waals surface area contributed by atoms with Crippen LogP contribution in [0.3, 0.4) is 0 Å². The van der Waals surface area contributed by atoms with Gasteiger partial charge in [-0.05, 0) is 72.7 Å². The van der Waals surface area contributed by atoms with Crippen LogP contribution < -0.4 is 5.32 Å². The zero-order valence-corrected chi connectivity index (χ0v) is 33.6. The van der Waals surface area contributed by atoms with Crippen LogP contribution in [0.2, 0.25) is 0 Å². The molecular weight excluding hydrogens is 710 g/mol. The van der Waals surface area contributed by atoms with Crippen molar-refractivity contribution in [1.29, 1.82) is 0 Å². The fraction of sp³-hybridized carbons (Fsp3) is 0.675. The van der Waals surface area contributed by atoms with Gasteiger partial charge in [0.25, 0.3) is 0 Å². The normalized spacial score (nSPS) is 38.1. The van der Waals surface area contributed by atoms with Crippen molar-refractivity contribution in [2.45, 2.75) is 129 Å². The molecule has 3 fully saturated rings. The van der Waals surface area contributed by atoms with Gasteiger partial charge in [0.05, 0.1) is 30.5 Å². The predicted molar refractivity (Wildman–Crippen MR) is 201 cm³/mol. The summed E-state index contributed by atoms with van der Waals surface area (Å²) in [6.45, 7) is 13.7. The third-order valence-corrected chi connectivity index (χ3v) is 11.6. The minimum atomic E-state index is -1.39. The van der Waals surface area contributed by atoms with Gasteiger partial charge in [-0.2, -0.15) is 0 Å². The summed E-state index contributed by atoms with van der Waals surface area (Å²) in [5, 5.41) is 14.3. The Morgan fingerprint density at radius 3 is 2.42 bits per heavy atom. The van der Waals surface area contributed by atoms with Crippen molar-refractivity contribution in [3.63, 3.8) is 0 Å². The molecule has 13 atom stereocenters. The van der Waals surface area contributed by atoms with Gasteiger partial charge in [-0.15, -0.1) is 0 Å². The highest BCUT2D eigenvalue weighted by Crippen LogP contribution is 2.40. The number of aliphatic hydroxyl groups is 1. The Morgan fingerprint density at radius 2 is 1.73 bits per heavy atom. The number of fused-ring (bicyclic) bond motifs is 2. The number of cyclic esters (lactones) is 1. The van der Waals surface area contributed by atoms with Crippen LogP contribution in [0.25, 0.3) is 17.2 Å². The molecule has 0 unspecified atom stereocenters. The number of ketones is 2. The number of carbonyl (C=O) groups excluding carboxylic acids is 4. The first kappa shape index (κ1) is 42.3. The number of ether oxygens (including phenoxy) is 5. The van der Waals surface area contributed by atoms with Gasteiger partial charge in [-0.3, -0.25) is 19.4 Å². The second kappa shape index (κ2) is 17.1. The molecule has 3 aliphatic rings. The van der Waals surface area contributed by atoms with Crippen molar-refractivity contribution in [2.75, 3.05) is 20.7 Å². The number of aromatic nitrogens is 3. The summed E-state index contributed by atoms with van der Waals surface area (Å²) >= 11 is 0. The Hall–Kier alpha value is -3.89. The van der Waals surface area contributed by atoms with Gasteiger partial charge >= 0.3 is 12.1 Å². The molecule has 0 aromatic carbocycles. The van der Waals surface area contributed by atoms with E-state index in [2.05, 4.69) is 20.3 Å². The second-order valence-electron chi connectivity index (χ2n) is 16.1. The molecule has 0 aliphatic carbocycles. The van der Waals surface area contributed by atoms with E-state index in [0.29, 0.717) is 17.6 Å². The van der Waals surface area contributed by atoms with Crippen molar-refractivity contribution < 1.29 is 48.0 Å².